The maximum absolute atomic E-state index is 13.0. The second-order valence-corrected chi connectivity index (χ2v) is 9.35. The minimum Gasteiger partial charge on any atom is -0.489 e. The number of hydrogen-bond acceptors (Lipinski definition) is 6. The number of rotatable bonds is 6. The molecule has 0 radical (unpaired) electrons. The van der Waals surface area contributed by atoms with Gasteiger partial charge in [-0.2, -0.15) is 13.2 Å². The minimum absolute atomic E-state index is 0.222. The summed E-state index contributed by atoms with van der Waals surface area (Å²) in [4.78, 5) is 19.5. The lowest BCUT2D eigenvalue weighted by Crippen LogP contribution is -2.31. The molecule has 0 spiro atoms. The average Bonchev–Trinajstić information content (AvgIpc) is 2.92. The van der Waals surface area contributed by atoms with E-state index >= 15 is 0 Å². The molecule has 1 atom stereocenters. The van der Waals surface area contributed by atoms with Crippen molar-refractivity contribution < 1.29 is 32.2 Å². The van der Waals surface area contributed by atoms with Crippen LogP contribution in [-0.4, -0.2) is 36.9 Å². The smallest absolute Gasteiger partial charge is 0.416 e. The molecule has 2 aromatic carbocycles. The van der Waals surface area contributed by atoms with Gasteiger partial charge in [-0.15, -0.1) is 0 Å². The van der Waals surface area contributed by atoms with Gasteiger partial charge in [0.2, 0.25) is 0 Å². The summed E-state index contributed by atoms with van der Waals surface area (Å²) in [5.41, 5.74) is 1.09. The molecule has 3 aromatic rings. The number of para-hydroxylation sites is 1. The van der Waals surface area contributed by atoms with E-state index in [0.29, 0.717) is 42.0 Å². The number of carbonyl (C=O) groups excluding carboxylic acids is 1. The van der Waals surface area contributed by atoms with Crippen molar-refractivity contribution in [3.63, 3.8) is 0 Å². The van der Waals surface area contributed by atoms with E-state index in [1.165, 1.54) is 12.1 Å². The Bertz CT molecular complexity index is 1300. The number of anilines is 3. The lowest BCUT2D eigenvalue weighted by atomic mass is 10.1. The van der Waals surface area contributed by atoms with E-state index in [1.807, 2.05) is 4.90 Å². The Morgan fingerprint density at radius 3 is 2.68 bits per heavy atom. The number of nitrogens with one attached hydrogen (secondary N) is 1. The molecule has 1 unspecified atom stereocenters. The first-order chi connectivity index (χ1) is 18.3. The first kappa shape index (κ1) is 26.3. The quantitative estimate of drug-likeness (QED) is 0.376. The van der Waals surface area contributed by atoms with Gasteiger partial charge in [-0.1, -0.05) is 17.7 Å². The predicted octanol–water partition coefficient (Wildman–Crippen LogP) is 6.58. The largest absolute Gasteiger partial charge is 0.489 e. The van der Waals surface area contributed by atoms with Crippen LogP contribution >= 0.6 is 11.6 Å². The third-order valence-corrected chi connectivity index (χ3v) is 6.55. The zero-order chi connectivity index (χ0) is 26.7. The number of fused-ring (bicyclic) bond motifs is 1. The predicted molar refractivity (Wildman–Crippen MR) is 136 cm³/mol. The fourth-order valence-electron chi connectivity index (χ4n) is 4.37. The number of aromatic nitrogens is 1. The van der Waals surface area contributed by atoms with Crippen LogP contribution in [0, 0.1) is 0 Å². The summed E-state index contributed by atoms with van der Waals surface area (Å²) in [6.45, 7) is 1.75. The molecule has 5 rings (SSSR count). The first-order valence-corrected chi connectivity index (χ1v) is 12.6. The molecule has 1 amide bonds. The van der Waals surface area contributed by atoms with Crippen LogP contribution in [0.2, 0.25) is 5.02 Å². The molecule has 11 heteroatoms. The van der Waals surface area contributed by atoms with Gasteiger partial charge in [-0.25, -0.2) is 4.98 Å². The van der Waals surface area contributed by atoms with Crippen LogP contribution < -0.4 is 15.0 Å². The highest BCUT2D eigenvalue weighted by molar-refractivity contribution is 6.33. The fraction of sp³-hybridized carbons (Fsp3) is 0.333. The normalized spacial score (nSPS) is 17.5. The monoisotopic (exact) mass is 547 g/mol. The van der Waals surface area contributed by atoms with Crippen LogP contribution in [0.15, 0.2) is 54.7 Å². The van der Waals surface area contributed by atoms with Crippen molar-refractivity contribution in [2.45, 2.75) is 38.3 Å². The number of carbonyl (C=O) groups is 1. The molecule has 7 nitrogen and oxygen atoms in total. The molecule has 0 aliphatic carbocycles. The highest BCUT2D eigenvalue weighted by Gasteiger charge is 2.30. The number of ether oxygens (including phenoxy) is 3. The van der Waals surface area contributed by atoms with Gasteiger partial charge in [0.25, 0.3) is 5.91 Å². The van der Waals surface area contributed by atoms with Gasteiger partial charge in [-0.3, -0.25) is 4.79 Å². The van der Waals surface area contributed by atoms with Gasteiger partial charge in [0.1, 0.15) is 6.61 Å². The zero-order valence-electron chi connectivity index (χ0n) is 20.3. The Balaban J connectivity index is 1.32. The molecule has 0 saturated carbocycles. The van der Waals surface area contributed by atoms with E-state index in [-0.39, 0.29) is 24.1 Å². The van der Waals surface area contributed by atoms with Gasteiger partial charge in [-0.05, 0) is 67.3 Å². The number of pyridine rings is 1. The second-order valence-electron chi connectivity index (χ2n) is 8.94. The Morgan fingerprint density at radius 2 is 1.97 bits per heavy atom. The Hall–Kier alpha value is -3.34. The van der Waals surface area contributed by atoms with Crippen LogP contribution in [0.1, 0.15) is 40.7 Å². The van der Waals surface area contributed by atoms with Crippen LogP contribution in [-0.2, 0) is 22.3 Å². The number of alkyl halides is 3. The zero-order valence-corrected chi connectivity index (χ0v) is 21.0. The maximum Gasteiger partial charge on any atom is 0.416 e. The summed E-state index contributed by atoms with van der Waals surface area (Å²) in [6.07, 6.45) is -0.00711. The van der Waals surface area contributed by atoms with Crippen molar-refractivity contribution in [3.8, 4) is 5.75 Å². The topological polar surface area (TPSA) is 72.9 Å². The molecule has 0 bridgehead atoms. The molecular formula is C27H25ClF3N3O4. The van der Waals surface area contributed by atoms with Gasteiger partial charge < -0.3 is 24.4 Å². The summed E-state index contributed by atoms with van der Waals surface area (Å²) in [5.74, 6) is 0.331. The number of halogens is 4. The first-order valence-electron chi connectivity index (χ1n) is 12.2. The van der Waals surface area contributed by atoms with Gasteiger partial charge in [0.15, 0.2) is 17.9 Å². The molecule has 200 valence electrons. The van der Waals surface area contributed by atoms with Gasteiger partial charge >= 0.3 is 6.18 Å². The lowest BCUT2D eigenvalue weighted by molar-refractivity contribution is -0.168. The molecular weight excluding hydrogens is 523 g/mol. The number of nitrogens with zero attached hydrogens (tertiary/aromatic N) is 2. The van der Waals surface area contributed by atoms with Crippen molar-refractivity contribution in [2.24, 2.45) is 0 Å². The molecule has 3 heterocycles. The minimum atomic E-state index is -4.46. The van der Waals surface area contributed by atoms with Crippen LogP contribution in [0.25, 0.3) is 0 Å². The number of hydrogen-bond donors (Lipinski definition) is 1. The summed E-state index contributed by atoms with van der Waals surface area (Å²) in [6, 6.07) is 11.1. The summed E-state index contributed by atoms with van der Waals surface area (Å²) < 4.78 is 55.8. The highest BCUT2D eigenvalue weighted by atomic mass is 35.5. The lowest BCUT2D eigenvalue weighted by Gasteiger charge is -2.32. The van der Waals surface area contributed by atoms with Crippen molar-refractivity contribution in [2.75, 3.05) is 30.0 Å². The van der Waals surface area contributed by atoms with E-state index in [0.717, 1.165) is 37.0 Å². The van der Waals surface area contributed by atoms with Gasteiger partial charge in [0.05, 0.1) is 35.0 Å². The Labute approximate surface area is 222 Å². The third kappa shape index (κ3) is 5.87. The summed E-state index contributed by atoms with van der Waals surface area (Å²) >= 11 is 6.61. The highest BCUT2D eigenvalue weighted by Crippen LogP contribution is 2.41. The van der Waals surface area contributed by atoms with Crippen molar-refractivity contribution in [1.29, 1.82) is 0 Å². The molecule has 38 heavy (non-hydrogen) atoms. The van der Waals surface area contributed by atoms with E-state index in [4.69, 9.17) is 25.8 Å². The second kappa shape index (κ2) is 11.2. The molecule has 1 N–H and O–H groups in total. The third-order valence-electron chi connectivity index (χ3n) is 6.27. The van der Waals surface area contributed by atoms with Crippen LogP contribution in [0.5, 0.6) is 5.75 Å². The van der Waals surface area contributed by atoms with Crippen LogP contribution in [0.4, 0.5) is 30.4 Å². The molecule has 2 aliphatic rings. The Kier molecular flexibility index (Phi) is 7.73. The molecule has 1 fully saturated rings. The Morgan fingerprint density at radius 1 is 1.16 bits per heavy atom. The standard InChI is InChI=1S/C27H25ClF3N3O4/c28-21-14-17(16-38-23-6-1-2-12-36-23)15-32-25(21)34-11-13-37-24-20(4-3-5-22(24)34)26(35)33-19-9-7-18(8-10-19)27(29,30)31/h3-5,7-10,14-15,23H,1-2,6,11-13,16H2,(H,33,35). The molecule has 1 saturated heterocycles. The summed E-state index contributed by atoms with van der Waals surface area (Å²) in [7, 11) is 0. The van der Waals surface area contributed by atoms with E-state index in [9.17, 15) is 18.0 Å². The van der Waals surface area contributed by atoms with Crippen molar-refractivity contribution in [3.05, 3.63) is 76.4 Å². The fourth-order valence-corrected chi connectivity index (χ4v) is 4.66. The summed E-state index contributed by atoms with van der Waals surface area (Å²) in [5, 5.41) is 3.05. The molecule has 1 aromatic heterocycles. The maximum atomic E-state index is 13.0. The van der Waals surface area contributed by atoms with E-state index in [1.54, 1.807) is 30.5 Å². The average molecular weight is 548 g/mol. The van der Waals surface area contributed by atoms with Crippen molar-refractivity contribution in [1.82, 2.24) is 4.98 Å². The van der Waals surface area contributed by atoms with Crippen molar-refractivity contribution >= 4 is 34.7 Å². The molecule has 2 aliphatic heterocycles. The van der Waals surface area contributed by atoms with Gasteiger partial charge in [0, 0.05) is 18.5 Å². The van der Waals surface area contributed by atoms with Crippen LogP contribution in [0.3, 0.4) is 0 Å². The number of benzene rings is 2. The van der Waals surface area contributed by atoms with E-state index in [2.05, 4.69) is 10.3 Å². The van der Waals surface area contributed by atoms with E-state index < -0.39 is 17.6 Å². The number of amides is 1. The SMILES string of the molecule is O=C(Nc1ccc(C(F)(F)F)cc1)c1cccc2c1OCCN2c1ncc(COC2CCCCO2)cc1Cl.